The quantitative estimate of drug-likeness (QED) is 0.340. The van der Waals surface area contributed by atoms with Gasteiger partial charge in [0.25, 0.3) is 11.8 Å². The lowest BCUT2D eigenvalue weighted by atomic mass is 10.1. The first-order valence-corrected chi connectivity index (χ1v) is 8.99. The molecule has 3 aromatic carbocycles. The molecule has 1 aliphatic rings. The summed E-state index contributed by atoms with van der Waals surface area (Å²) in [6.45, 7) is 3.78. The third-order valence-electron chi connectivity index (χ3n) is 4.72. The molecule has 0 aliphatic carbocycles. The minimum absolute atomic E-state index is 0.0426. The predicted molar refractivity (Wildman–Crippen MR) is 110 cm³/mol. The number of imide groups is 1. The van der Waals surface area contributed by atoms with E-state index in [0.717, 1.165) is 11.1 Å². The lowest BCUT2D eigenvalue weighted by Crippen LogP contribution is -2.19. The van der Waals surface area contributed by atoms with Crippen LogP contribution in [0.1, 0.15) is 31.8 Å². The van der Waals surface area contributed by atoms with E-state index < -0.39 is 11.8 Å². The van der Waals surface area contributed by atoms with Crippen molar-refractivity contribution in [2.75, 3.05) is 10.6 Å². The van der Waals surface area contributed by atoms with Crippen LogP contribution in [0.4, 0.5) is 22.7 Å². The van der Waals surface area contributed by atoms with Gasteiger partial charge in [0.15, 0.2) is 0 Å². The van der Waals surface area contributed by atoms with E-state index in [1.807, 2.05) is 13.8 Å². The molecule has 0 radical (unpaired) electrons. The third-order valence-corrected chi connectivity index (χ3v) is 4.72. The van der Waals surface area contributed by atoms with Gasteiger partial charge in [-0.05, 0) is 61.4 Å². The molecule has 5 N–H and O–H groups in total. The molecule has 4 rings (SSSR count). The molecule has 7 heteroatoms. The van der Waals surface area contributed by atoms with Crippen molar-refractivity contribution in [1.82, 2.24) is 5.32 Å². The molecule has 3 aromatic rings. The van der Waals surface area contributed by atoms with Gasteiger partial charge in [0.1, 0.15) is 11.5 Å². The molecule has 0 saturated heterocycles. The number of nitrogens with one attached hydrogen (secondary N) is 3. The van der Waals surface area contributed by atoms with Crippen molar-refractivity contribution in [3.8, 4) is 11.5 Å². The minimum Gasteiger partial charge on any atom is -0.506 e. The van der Waals surface area contributed by atoms with E-state index >= 15 is 0 Å². The summed E-state index contributed by atoms with van der Waals surface area (Å²) in [4.78, 5) is 24.2. The van der Waals surface area contributed by atoms with Crippen LogP contribution >= 0.6 is 0 Å². The van der Waals surface area contributed by atoms with Gasteiger partial charge in [0.05, 0.1) is 33.9 Å². The number of carbonyl (C=O) groups excluding carboxylic acids is 2. The largest absolute Gasteiger partial charge is 0.506 e. The van der Waals surface area contributed by atoms with Crippen LogP contribution in [0, 0.1) is 13.8 Å². The summed E-state index contributed by atoms with van der Waals surface area (Å²) in [5.74, 6) is -0.875. The Hall–Kier alpha value is -4.00. The van der Waals surface area contributed by atoms with E-state index in [1.54, 1.807) is 48.5 Å². The van der Waals surface area contributed by atoms with Crippen LogP contribution in [-0.2, 0) is 0 Å². The monoisotopic (exact) mass is 389 g/mol. The smallest absolute Gasteiger partial charge is 0.259 e. The second-order valence-corrected chi connectivity index (χ2v) is 7.02. The Kier molecular flexibility index (Phi) is 4.35. The fourth-order valence-electron chi connectivity index (χ4n) is 3.21. The summed E-state index contributed by atoms with van der Waals surface area (Å²) >= 11 is 0. The van der Waals surface area contributed by atoms with Crippen LogP contribution in [0.2, 0.25) is 0 Å². The first-order chi connectivity index (χ1) is 13.8. The highest BCUT2D eigenvalue weighted by molar-refractivity contribution is 6.22. The number of aryl methyl sites for hydroxylation is 2. The number of hydrogen-bond acceptors (Lipinski definition) is 6. The fourth-order valence-corrected chi connectivity index (χ4v) is 3.21. The van der Waals surface area contributed by atoms with Crippen molar-refractivity contribution in [2.45, 2.75) is 13.8 Å². The number of aromatic hydroxyl groups is 2. The molecule has 0 spiro atoms. The van der Waals surface area contributed by atoms with Crippen molar-refractivity contribution in [2.24, 2.45) is 0 Å². The molecule has 0 saturated carbocycles. The first kappa shape index (κ1) is 18.4. The highest BCUT2D eigenvalue weighted by Crippen LogP contribution is 2.37. The van der Waals surface area contributed by atoms with Crippen LogP contribution in [0.5, 0.6) is 11.5 Å². The SMILES string of the molecule is Cc1ccc(O)c(Nc2cc3c(cc2Nc2cc(C)ccc2O)C(=O)NC3=O)c1. The summed E-state index contributed by atoms with van der Waals surface area (Å²) in [5.41, 5.74) is 4.19. The Morgan fingerprint density at radius 2 is 1.07 bits per heavy atom. The van der Waals surface area contributed by atoms with Gasteiger partial charge in [-0.2, -0.15) is 0 Å². The van der Waals surface area contributed by atoms with Crippen molar-refractivity contribution in [1.29, 1.82) is 0 Å². The molecule has 7 nitrogen and oxygen atoms in total. The van der Waals surface area contributed by atoms with Crippen molar-refractivity contribution >= 4 is 34.6 Å². The number of phenolic OH excluding ortho intramolecular Hbond substituents is 2. The van der Waals surface area contributed by atoms with Gasteiger partial charge >= 0.3 is 0 Å². The average Bonchev–Trinajstić information content (AvgIpc) is 2.94. The number of fused-ring (bicyclic) bond motifs is 1. The molecule has 29 heavy (non-hydrogen) atoms. The van der Waals surface area contributed by atoms with E-state index in [0.29, 0.717) is 22.7 Å². The molecule has 0 fully saturated rings. The number of benzene rings is 3. The van der Waals surface area contributed by atoms with Gasteiger partial charge in [0, 0.05) is 0 Å². The number of phenols is 2. The lowest BCUT2D eigenvalue weighted by Gasteiger charge is -2.17. The zero-order valence-electron chi connectivity index (χ0n) is 15.8. The van der Waals surface area contributed by atoms with Gasteiger partial charge in [-0.3, -0.25) is 14.9 Å². The van der Waals surface area contributed by atoms with Gasteiger partial charge in [0.2, 0.25) is 0 Å². The summed E-state index contributed by atoms with van der Waals surface area (Å²) in [5, 5.41) is 28.9. The van der Waals surface area contributed by atoms with Gasteiger partial charge in [-0.1, -0.05) is 12.1 Å². The van der Waals surface area contributed by atoms with Gasteiger partial charge < -0.3 is 20.8 Å². The number of amides is 2. The molecular formula is C22H19N3O4. The van der Waals surface area contributed by atoms with E-state index in [2.05, 4.69) is 16.0 Å². The summed E-state index contributed by atoms with van der Waals surface area (Å²) < 4.78 is 0. The molecule has 0 atom stereocenters. The van der Waals surface area contributed by atoms with Crippen LogP contribution < -0.4 is 16.0 Å². The molecule has 1 heterocycles. The van der Waals surface area contributed by atoms with E-state index in [1.165, 1.54) is 0 Å². The zero-order valence-corrected chi connectivity index (χ0v) is 15.8. The Balaban J connectivity index is 1.83. The molecule has 0 aromatic heterocycles. The predicted octanol–water partition coefficient (Wildman–Crippen LogP) is 4.09. The van der Waals surface area contributed by atoms with Crippen LogP contribution in [0.3, 0.4) is 0 Å². The molecule has 0 unspecified atom stereocenters. The van der Waals surface area contributed by atoms with Gasteiger partial charge in [-0.25, -0.2) is 0 Å². The maximum absolute atomic E-state index is 12.1. The number of carbonyl (C=O) groups is 2. The summed E-state index contributed by atoms with van der Waals surface area (Å²) in [6, 6.07) is 13.3. The van der Waals surface area contributed by atoms with E-state index in [4.69, 9.17) is 0 Å². The highest BCUT2D eigenvalue weighted by atomic mass is 16.3. The highest BCUT2D eigenvalue weighted by Gasteiger charge is 2.28. The number of rotatable bonds is 4. The van der Waals surface area contributed by atoms with Crippen LogP contribution in [0.25, 0.3) is 0 Å². The molecule has 146 valence electrons. The van der Waals surface area contributed by atoms with E-state index in [9.17, 15) is 19.8 Å². The maximum atomic E-state index is 12.1. The lowest BCUT2D eigenvalue weighted by molar-refractivity contribution is 0.0879. The molecule has 1 aliphatic heterocycles. The standard InChI is InChI=1S/C22H19N3O4/c1-11-3-5-19(26)17(7-11)23-15-9-13-14(22(29)25-21(13)28)10-16(15)24-18-8-12(2)4-6-20(18)27/h3-10,23-24,26-27H,1-2H3,(H,25,28,29). The Morgan fingerprint density at radius 1 is 0.655 bits per heavy atom. The summed E-state index contributed by atoms with van der Waals surface area (Å²) in [6.07, 6.45) is 0. The van der Waals surface area contributed by atoms with Crippen LogP contribution in [-0.4, -0.2) is 22.0 Å². The summed E-state index contributed by atoms with van der Waals surface area (Å²) in [7, 11) is 0. The van der Waals surface area contributed by atoms with E-state index in [-0.39, 0.29) is 22.6 Å². The Morgan fingerprint density at radius 3 is 1.48 bits per heavy atom. The number of hydrogen-bond donors (Lipinski definition) is 5. The fraction of sp³-hybridized carbons (Fsp3) is 0.0909. The first-order valence-electron chi connectivity index (χ1n) is 8.99. The van der Waals surface area contributed by atoms with Crippen molar-refractivity contribution in [3.63, 3.8) is 0 Å². The second-order valence-electron chi connectivity index (χ2n) is 7.02. The molecular weight excluding hydrogens is 370 g/mol. The second kappa shape index (κ2) is 6.87. The van der Waals surface area contributed by atoms with Crippen LogP contribution in [0.15, 0.2) is 48.5 Å². The van der Waals surface area contributed by atoms with Gasteiger partial charge in [-0.15, -0.1) is 0 Å². The minimum atomic E-state index is -0.480. The molecule has 2 amide bonds. The Bertz CT molecular complexity index is 1080. The maximum Gasteiger partial charge on any atom is 0.259 e. The average molecular weight is 389 g/mol. The normalized spacial score (nSPS) is 12.5. The van der Waals surface area contributed by atoms with Crippen molar-refractivity contribution in [3.05, 3.63) is 70.8 Å². The molecule has 0 bridgehead atoms. The van der Waals surface area contributed by atoms with Crippen molar-refractivity contribution < 1.29 is 19.8 Å². The Labute approximate surface area is 167 Å². The zero-order chi connectivity index (χ0) is 20.7. The topological polar surface area (TPSA) is 111 Å². The number of anilines is 4. The third kappa shape index (κ3) is 3.45.